The van der Waals surface area contributed by atoms with Gasteiger partial charge in [-0.1, -0.05) is 26.0 Å². The molecule has 7 nitrogen and oxygen atoms in total. The Morgan fingerprint density at radius 1 is 1.31 bits per heavy atom. The number of carbonyl (C=O) groups excluding carboxylic acids is 1. The fraction of sp³-hybridized carbons (Fsp3) is 0.619. The number of nitrogens with one attached hydrogen (secondary N) is 2. The molecular formula is C21H36IN5O2. The second-order valence-electron chi connectivity index (χ2n) is 7.77. The van der Waals surface area contributed by atoms with Gasteiger partial charge in [0, 0.05) is 38.6 Å². The second-order valence-corrected chi connectivity index (χ2v) is 7.77. The molecule has 0 spiro atoms. The molecule has 1 saturated heterocycles. The number of hydrogen-bond acceptors (Lipinski definition) is 4. The van der Waals surface area contributed by atoms with E-state index in [-0.39, 0.29) is 47.9 Å². The van der Waals surface area contributed by atoms with E-state index in [0.29, 0.717) is 0 Å². The summed E-state index contributed by atoms with van der Waals surface area (Å²) in [7, 11) is 7.59. The van der Waals surface area contributed by atoms with E-state index in [1.807, 2.05) is 30.9 Å². The molecule has 164 valence electrons. The largest absolute Gasteiger partial charge is 0.497 e. The van der Waals surface area contributed by atoms with Gasteiger partial charge in [-0.05, 0) is 38.2 Å². The fourth-order valence-corrected chi connectivity index (χ4v) is 3.45. The third kappa shape index (κ3) is 7.33. The smallest absolute Gasteiger partial charge is 0.225 e. The molecule has 2 rings (SSSR count). The van der Waals surface area contributed by atoms with Gasteiger partial charge in [0.05, 0.1) is 13.2 Å². The van der Waals surface area contributed by atoms with E-state index in [2.05, 4.69) is 46.8 Å². The molecule has 29 heavy (non-hydrogen) atoms. The summed E-state index contributed by atoms with van der Waals surface area (Å²) < 4.78 is 5.25. The topological polar surface area (TPSA) is 69.2 Å². The van der Waals surface area contributed by atoms with Crippen LogP contribution >= 0.6 is 24.0 Å². The third-order valence-corrected chi connectivity index (χ3v) is 5.15. The van der Waals surface area contributed by atoms with Crippen molar-refractivity contribution < 1.29 is 9.53 Å². The summed E-state index contributed by atoms with van der Waals surface area (Å²) in [5.41, 5.74) is 1.21. The molecule has 0 aliphatic carbocycles. The van der Waals surface area contributed by atoms with Crippen molar-refractivity contribution in [2.75, 3.05) is 47.9 Å². The number of ether oxygens (including phenoxy) is 1. The minimum atomic E-state index is 0. The van der Waals surface area contributed by atoms with Crippen LogP contribution in [0.4, 0.5) is 0 Å². The summed E-state index contributed by atoms with van der Waals surface area (Å²) in [6.45, 7) is 6.15. The molecule has 1 amide bonds. The molecule has 2 unspecified atom stereocenters. The highest BCUT2D eigenvalue weighted by Gasteiger charge is 2.28. The van der Waals surface area contributed by atoms with Crippen LogP contribution < -0.4 is 15.4 Å². The molecule has 0 saturated carbocycles. The Morgan fingerprint density at radius 2 is 1.97 bits per heavy atom. The zero-order valence-electron chi connectivity index (χ0n) is 18.4. The van der Waals surface area contributed by atoms with Crippen LogP contribution in [-0.4, -0.2) is 75.6 Å². The van der Waals surface area contributed by atoms with E-state index in [9.17, 15) is 4.79 Å². The van der Waals surface area contributed by atoms with E-state index in [4.69, 9.17) is 4.74 Å². The molecule has 1 aromatic carbocycles. The highest BCUT2D eigenvalue weighted by molar-refractivity contribution is 14.0. The van der Waals surface area contributed by atoms with Gasteiger partial charge in [0.1, 0.15) is 5.75 Å². The monoisotopic (exact) mass is 517 g/mol. The zero-order valence-corrected chi connectivity index (χ0v) is 20.8. The first-order valence-electron chi connectivity index (χ1n) is 9.92. The number of amides is 1. The standard InChI is InChI=1S/C21H35N5O2.HI/c1-15(2)20(27)26-12-11-17(14-26)24-21(22-3)23-13-19(25(4)5)16-7-9-18(28-6)10-8-16;/h7-10,15,17,19H,11-14H2,1-6H3,(H2,22,23,24);1H. The van der Waals surface area contributed by atoms with Gasteiger partial charge in [-0.15, -0.1) is 24.0 Å². The quantitative estimate of drug-likeness (QED) is 0.330. The molecule has 0 bridgehead atoms. The maximum absolute atomic E-state index is 12.2. The van der Waals surface area contributed by atoms with Crippen molar-refractivity contribution in [2.24, 2.45) is 10.9 Å². The molecule has 1 fully saturated rings. The molecule has 2 N–H and O–H groups in total. The Labute approximate surface area is 192 Å². The third-order valence-electron chi connectivity index (χ3n) is 5.15. The number of aliphatic imine (C=N–C) groups is 1. The highest BCUT2D eigenvalue weighted by Crippen LogP contribution is 2.20. The van der Waals surface area contributed by atoms with Crippen molar-refractivity contribution in [3.05, 3.63) is 29.8 Å². The lowest BCUT2D eigenvalue weighted by Crippen LogP contribution is -2.47. The van der Waals surface area contributed by atoms with Crippen molar-refractivity contribution in [1.82, 2.24) is 20.4 Å². The Kier molecular flexibility index (Phi) is 10.7. The van der Waals surface area contributed by atoms with Crippen LogP contribution in [0.25, 0.3) is 0 Å². The summed E-state index contributed by atoms with van der Waals surface area (Å²) in [5, 5.41) is 6.89. The van der Waals surface area contributed by atoms with Crippen LogP contribution in [-0.2, 0) is 4.79 Å². The lowest BCUT2D eigenvalue weighted by molar-refractivity contribution is -0.133. The number of halogens is 1. The number of likely N-dealkylation sites (N-methyl/N-ethyl adjacent to an activating group) is 1. The number of methoxy groups -OCH3 is 1. The van der Waals surface area contributed by atoms with E-state index < -0.39 is 0 Å². The number of benzene rings is 1. The van der Waals surface area contributed by atoms with Crippen molar-refractivity contribution in [1.29, 1.82) is 0 Å². The van der Waals surface area contributed by atoms with Crippen LogP contribution in [0.3, 0.4) is 0 Å². The van der Waals surface area contributed by atoms with E-state index >= 15 is 0 Å². The Bertz CT molecular complexity index is 664. The van der Waals surface area contributed by atoms with Gasteiger partial charge in [-0.2, -0.15) is 0 Å². The summed E-state index contributed by atoms with van der Waals surface area (Å²) in [6.07, 6.45) is 0.939. The van der Waals surface area contributed by atoms with Crippen LogP contribution in [0.15, 0.2) is 29.3 Å². The number of carbonyl (C=O) groups is 1. The van der Waals surface area contributed by atoms with Gasteiger partial charge in [-0.25, -0.2) is 0 Å². The summed E-state index contributed by atoms with van der Waals surface area (Å²) in [5.74, 6) is 1.89. The van der Waals surface area contributed by atoms with Crippen molar-refractivity contribution >= 4 is 35.8 Å². The van der Waals surface area contributed by atoms with Gasteiger partial charge in [-0.3, -0.25) is 9.79 Å². The number of nitrogens with zero attached hydrogens (tertiary/aromatic N) is 3. The summed E-state index contributed by atoms with van der Waals surface area (Å²) in [6, 6.07) is 8.58. The minimum absolute atomic E-state index is 0. The number of likely N-dealkylation sites (tertiary alicyclic amines) is 1. The van der Waals surface area contributed by atoms with Crippen LogP contribution in [0.1, 0.15) is 31.9 Å². The highest BCUT2D eigenvalue weighted by atomic mass is 127. The molecule has 1 aliphatic heterocycles. The van der Waals surface area contributed by atoms with Gasteiger partial charge in [0.25, 0.3) is 0 Å². The number of hydrogen-bond donors (Lipinski definition) is 2. The van der Waals surface area contributed by atoms with Crippen LogP contribution in [0.5, 0.6) is 5.75 Å². The fourth-order valence-electron chi connectivity index (χ4n) is 3.45. The second kappa shape index (κ2) is 12.2. The van der Waals surface area contributed by atoms with Crippen molar-refractivity contribution in [3.63, 3.8) is 0 Å². The SMILES string of the molecule is CN=C(NCC(c1ccc(OC)cc1)N(C)C)NC1CCN(C(=O)C(C)C)C1.I. The van der Waals surface area contributed by atoms with Gasteiger partial charge < -0.3 is 25.2 Å². The molecule has 1 heterocycles. The first kappa shape index (κ1) is 25.5. The van der Waals surface area contributed by atoms with E-state index in [0.717, 1.165) is 37.8 Å². The predicted molar refractivity (Wildman–Crippen MR) is 129 cm³/mol. The van der Waals surface area contributed by atoms with E-state index in [1.54, 1.807) is 14.2 Å². The lowest BCUT2D eigenvalue weighted by atomic mass is 10.1. The molecule has 2 atom stereocenters. The summed E-state index contributed by atoms with van der Waals surface area (Å²) >= 11 is 0. The lowest BCUT2D eigenvalue weighted by Gasteiger charge is -2.27. The van der Waals surface area contributed by atoms with Crippen LogP contribution in [0, 0.1) is 5.92 Å². The first-order chi connectivity index (χ1) is 13.3. The normalized spacial score (nSPS) is 17.9. The number of guanidine groups is 1. The molecule has 1 aliphatic rings. The van der Waals surface area contributed by atoms with Crippen LogP contribution in [0.2, 0.25) is 0 Å². The minimum Gasteiger partial charge on any atom is -0.497 e. The Hall–Kier alpha value is -1.55. The predicted octanol–water partition coefficient (Wildman–Crippen LogP) is 2.34. The number of rotatable bonds is 7. The van der Waals surface area contributed by atoms with Gasteiger partial charge in [0.15, 0.2) is 5.96 Å². The zero-order chi connectivity index (χ0) is 20.7. The maximum Gasteiger partial charge on any atom is 0.225 e. The maximum atomic E-state index is 12.2. The molecule has 8 heteroatoms. The van der Waals surface area contributed by atoms with Crippen molar-refractivity contribution in [2.45, 2.75) is 32.4 Å². The summed E-state index contributed by atoms with van der Waals surface area (Å²) in [4.78, 5) is 20.7. The van der Waals surface area contributed by atoms with Crippen molar-refractivity contribution in [3.8, 4) is 5.75 Å². The molecule has 1 aromatic rings. The Morgan fingerprint density at radius 3 is 2.48 bits per heavy atom. The molecular weight excluding hydrogens is 481 g/mol. The average molecular weight is 517 g/mol. The van der Waals surface area contributed by atoms with Gasteiger partial charge >= 0.3 is 0 Å². The average Bonchev–Trinajstić information content (AvgIpc) is 3.15. The van der Waals surface area contributed by atoms with E-state index in [1.165, 1.54) is 5.56 Å². The van der Waals surface area contributed by atoms with Gasteiger partial charge in [0.2, 0.25) is 5.91 Å². The Balaban J connectivity index is 0.00000420. The first-order valence-corrected chi connectivity index (χ1v) is 9.92. The molecule has 0 aromatic heterocycles. The molecule has 0 radical (unpaired) electrons.